The summed E-state index contributed by atoms with van der Waals surface area (Å²) in [5.74, 6) is 1.39. The van der Waals surface area contributed by atoms with Gasteiger partial charge in [-0.2, -0.15) is 0 Å². The van der Waals surface area contributed by atoms with Crippen LogP contribution in [0.2, 0.25) is 0 Å². The highest BCUT2D eigenvalue weighted by atomic mass is 79.9. The van der Waals surface area contributed by atoms with Gasteiger partial charge in [0.25, 0.3) is 0 Å². The number of ether oxygens (including phenoxy) is 2. The SMILES string of the molecule is O=C1CCOc2cc(OCc3ccnc(-c4ccccc4Br)c3)ccc21. The van der Waals surface area contributed by atoms with E-state index in [4.69, 9.17) is 9.47 Å². The molecule has 5 heteroatoms. The van der Waals surface area contributed by atoms with Gasteiger partial charge in [-0.05, 0) is 35.9 Å². The van der Waals surface area contributed by atoms with Crippen LogP contribution in [0, 0.1) is 0 Å². The van der Waals surface area contributed by atoms with E-state index in [1.54, 1.807) is 24.4 Å². The average Bonchev–Trinajstić information content (AvgIpc) is 2.67. The molecule has 0 radical (unpaired) electrons. The molecule has 1 aromatic heterocycles. The van der Waals surface area contributed by atoms with Crippen molar-refractivity contribution in [1.29, 1.82) is 0 Å². The second-order valence-corrected chi connectivity index (χ2v) is 6.85. The van der Waals surface area contributed by atoms with Crippen LogP contribution in [0.4, 0.5) is 0 Å². The van der Waals surface area contributed by atoms with E-state index in [9.17, 15) is 4.79 Å². The van der Waals surface area contributed by atoms with E-state index in [1.807, 2.05) is 36.4 Å². The summed E-state index contributed by atoms with van der Waals surface area (Å²) in [5, 5.41) is 0. The number of hydrogen-bond acceptors (Lipinski definition) is 4. The van der Waals surface area contributed by atoms with Gasteiger partial charge in [0.1, 0.15) is 18.1 Å². The van der Waals surface area contributed by atoms with Crippen LogP contribution in [-0.4, -0.2) is 17.4 Å². The zero-order valence-corrected chi connectivity index (χ0v) is 15.5. The molecule has 4 nitrogen and oxygen atoms in total. The lowest BCUT2D eigenvalue weighted by Crippen LogP contribution is -2.15. The standard InChI is InChI=1S/C21H16BrNO3/c22-18-4-2-1-3-16(18)19-11-14(7-9-23-19)13-26-15-5-6-17-20(24)8-10-25-21(17)12-15/h1-7,9,11-12H,8,10,13H2. The second-order valence-electron chi connectivity index (χ2n) is 6.00. The van der Waals surface area contributed by atoms with Crippen LogP contribution < -0.4 is 9.47 Å². The number of ketones is 1. The van der Waals surface area contributed by atoms with Crippen molar-refractivity contribution >= 4 is 21.7 Å². The second kappa shape index (κ2) is 7.30. The molecule has 1 aliphatic heterocycles. The Morgan fingerprint density at radius 3 is 2.85 bits per heavy atom. The third-order valence-corrected chi connectivity index (χ3v) is 4.91. The summed E-state index contributed by atoms with van der Waals surface area (Å²) in [6.45, 7) is 0.835. The molecule has 0 spiro atoms. The minimum atomic E-state index is 0.116. The molecule has 3 aromatic rings. The Morgan fingerprint density at radius 2 is 1.96 bits per heavy atom. The van der Waals surface area contributed by atoms with Crippen LogP contribution in [0.1, 0.15) is 22.3 Å². The summed E-state index contributed by atoms with van der Waals surface area (Å²) in [6.07, 6.45) is 2.21. The Kier molecular flexibility index (Phi) is 4.71. The number of nitrogens with zero attached hydrogens (tertiary/aromatic N) is 1. The molecule has 0 atom stereocenters. The zero-order chi connectivity index (χ0) is 17.9. The monoisotopic (exact) mass is 409 g/mol. The first-order valence-electron chi connectivity index (χ1n) is 8.33. The highest BCUT2D eigenvalue weighted by molar-refractivity contribution is 9.10. The van der Waals surface area contributed by atoms with Gasteiger partial charge in [-0.3, -0.25) is 9.78 Å². The zero-order valence-electron chi connectivity index (χ0n) is 13.9. The van der Waals surface area contributed by atoms with Gasteiger partial charge in [0, 0.05) is 28.7 Å². The molecule has 0 fully saturated rings. The Bertz CT molecular complexity index is 971. The normalized spacial score (nSPS) is 13.0. The molecular weight excluding hydrogens is 394 g/mol. The fourth-order valence-electron chi connectivity index (χ4n) is 2.88. The molecular formula is C21H16BrNO3. The fraction of sp³-hybridized carbons (Fsp3) is 0.143. The molecule has 0 bridgehead atoms. The quantitative estimate of drug-likeness (QED) is 0.604. The fourth-order valence-corrected chi connectivity index (χ4v) is 3.37. The molecule has 0 saturated carbocycles. The summed E-state index contributed by atoms with van der Waals surface area (Å²) >= 11 is 3.56. The van der Waals surface area contributed by atoms with Gasteiger partial charge in [0.15, 0.2) is 5.78 Å². The summed E-state index contributed by atoms with van der Waals surface area (Å²) in [5.41, 5.74) is 3.57. The number of carbonyl (C=O) groups is 1. The number of halogens is 1. The van der Waals surface area contributed by atoms with Gasteiger partial charge < -0.3 is 9.47 Å². The number of benzene rings is 2. The van der Waals surface area contributed by atoms with Crippen molar-refractivity contribution in [2.75, 3.05) is 6.61 Å². The lowest BCUT2D eigenvalue weighted by molar-refractivity contribution is 0.0933. The number of hydrogen-bond donors (Lipinski definition) is 0. The number of aromatic nitrogens is 1. The van der Waals surface area contributed by atoms with E-state index in [0.29, 0.717) is 36.7 Å². The van der Waals surface area contributed by atoms with Gasteiger partial charge in [-0.25, -0.2) is 0 Å². The topological polar surface area (TPSA) is 48.4 Å². The highest BCUT2D eigenvalue weighted by Gasteiger charge is 2.18. The van der Waals surface area contributed by atoms with Crippen LogP contribution >= 0.6 is 15.9 Å². The lowest BCUT2D eigenvalue weighted by Gasteiger charge is -2.17. The third-order valence-electron chi connectivity index (χ3n) is 4.22. The molecule has 0 unspecified atom stereocenters. The van der Waals surface area contributed by atoms with Crippen molar-refractivity contribution in [2.24, 2.45) is 0 Å². The highest BCUT2D eigenvalue weighted by Crippen LogP contribution is 2.30. The average molecular weight is 410 g/mol. The summed E-state index contributed by atoms with van der Waals surface area (Å²) in [6, 6.07) is 17.3. The van der Waals surface area contributed by atoms with Crippen LogP contribution in [0.3, 0.4) is 0 Å². The first-order valence-corrected chi connectivity index (χ1v) is 9.13. The molecule has 2 aromatic carbocycles. The Balaban J connectivity index is 1.51. The predicted molar refractivity (Wildman–Crippen MR) is 103 cm³/mol. The van der Waals surface area contributed by atoms with Gasteiger partial charge in [0.2, 0.25) is 0 Å². The Hall–Kier alpha value is -2.66. The van der Waals surface area contributed by atoms with Crippen molar-refractivity contribution in [1.82, 2.24) is 4.98 Å². The van der Waals surface area contributed by atoms with Gasteiger partial charge in [-0.15, -0.1) is 0 Å². The van der Waals surface area contributed by atoms with Gasteiger partial charge in [0.05, 0.1) is 17.9 Å². The van der Waals surface area contributed by atoms with E-state index in [1.165, 1.54) is 0 Å². The van der Waals surface area contributed by atoms with Crippen molar-refractivity contribution in [2.45, 2.75) is 13.0 Å². The molecule has 0 amide bonds. The smallest absolute Gasteiger partial charge is 0.169 e. The molecule has 0 aliphatic carbocycles. The molecule has 26 heavy (non-hydrogen) atoms. The number of Topliss-reactive ketones (excluding diaryl/α,β-unsaturated/α-hetero) is 1. The van der Waals surface area contributed by atoms with Crippen molar-refractivity contribution in [3.05, 3.63) is 76.4 Å². The van der Waals surface area contributed by atoms with Crippen LogP contribution in [-0.2, 0) is 6.61 Å². The minimum absolute atomic E-state index is 0.116. The molecule has 1 aliphatic rings. The van der Waals surface area contributed by atoms with Crippen molar-refractivity contribution < 1.29 is 14.3 Å². The van der Waals surface area contributed by atoms with E-state index in [2.05, 4.69) is 20.9 Å². The van der Waals surface area contributed by atoms with Crippen molar-refractivity contribution in [3.8, 4) is 22.8 Å². The van der Waals surface area contributed by atoms with Gasteiger partial charge in [-0.1, -0.05) is 34.1 Å². The third kappa shape index (κ3) is 3.48. The van der Waals surface area contributed by atoms with Gasteiger partial charge >= 0.3 is 0 Å². The van der Waals surface area contributed by atoms with Crippen LogP contribution in [0.15, 0.2) is 65.3 Å². The summed E-state index contributed by atoms with van der Waals surface area (Å²) < 4.78 is 12.4. The van der Waals surface area contributed by atoms with E-state index >= 15 is 0 Å². The number of fused-ring (bicyclic) bond motifs is 1. The minimum Gasteiger partial charge on any atom is -0.492 e. The molecule has 4 rings (SSSR count). The van der Waals surface area contributed by atoms with Crippen molar-refractivity contribution in [3.63, 3.8) is 0 Å². The number of pyridine rings is 1. The number of rotatable bonds is 4. The Morgan fingerprint density at radius 1 is 1.08 bits per heavy atom. The largest absolute Gasteiger partial charge is 0.492 e. The van der Waals surface area contributed by atoms with E-state index < -0.39 is 0 Å². The summed E-state index contributed by atoms with van der Waals surface area (Å²) in [4.78, 5) is 16.3. The predicted octanol–water partition coefficient (Wildman–Crippen LogP) is 5.06. The van der Waals surface area contributed by atoms with E-state index in [-0.39, 0.29) is 5.78 Å². The molecule has 0 N–H and O–H groups in total. The molecule has 0 saturated heterocycles. The maximum atomic E-state index is 11.8. The first kappa shape index (κ1) is 16.8. The van der Waals surface area contributed by atoms with Crippen LogP contribution in [0.25, 0.3) is 11.3 Å². The lowest BCUT2D eigenvalue weighted by atomic mass is 10.1. The molecule has 130 valence electrons. The Labute approximate surface area is 159 Å². The first-order chi connectivity index (χ1) is 12.7. The molecule has 2 heterocycles. The van der Waals surface area contributed by atoms with E-state index in [0.717, 1.165) is 21.3 Å². The number of carbonyl (C=O) groups excluding carboxylic acids is 1. The maximum Gasteiger partial charge on any atom is 0.169 e. The van der Waals surface area contributed by atoms with Crippen LogP contribution in [0.5, 0.6) is 11.5 Å². The maximum absolute atomic E-state index is 11.8. The summed E-state index contributed by atoms with van der Waals surface area (Å²) in [7, 11) is 0.